The molecule has 0 radical (unpaired) electrons. The molecule has 1 aliphatic carbocycles. The molecule has 1 saturated heterocycles. The molecule has 3 heterocycles. The fourth-order valence-corrected chi connectivity index (χ4v) is 7.19. The third-order valence-corrected chi connectivity index (χ3v) is 9.08. The predicted octanol–water partition coefficient (Wildman–Crippen LogP) is 5.68. The number of rotatable bonds is 6. The van der Waals surface area contributed by atoms with Gasteiger partial charge in [-0.1, -0.05) is 49.6 Å². The fourth-order valence-electron chi connectivity index (χ4n) is 7.19. The molecule has 3 aromatic rings. The third-order valence-electron chi connectivity index (χ3n) is 9.08. The van der Waals surface area contributed by atoms with Crippen molar-refractivity contribution in [3.8, 4) is 11.3 Å². The van der Waals surface area contributed by atoms with E-state index in [0.717, 1.165) is 28.8 Å². The van der Waals surface area contributed by atoms with Gasteiger partial charge in [-0.2, -0.15) is 0 Å². The molecular weight excluding hydrogens is 524 g/mol. The van der Waals surface area contributed by atoms with Crippen LogP contribution in [0.25, 0.3) is 28.2 Å². The minimum atomic E-state index is -0.0642. The fraction of sp³-hybridized carbons (Fsp3) is 0.486. The second-order valence-corrected chi connectivity index (χ2v) is 12.7. The van der Waals surface area contributed by atoms with Gasteiger partial charge in [0.1, 0.15) is 0 Å². The summed E-state index contributed by atoms with van der Waals surface area (Å²) in [5.41, 5.74) is 7.29. The summed E-state index contributed by atoms with van der Waals surface area (Å²) in [5, 5.41) is 4.28. The SMILES string of the molecule is C[C@@H]1CN(C(=O)C2=Cc3ccccc3-c3c(C4CCCCC4)c4ccc(C(=O)NCCN(C)C)cc4n3C2)C[C@H](C)O1. The zero-order valence-corrected chi connectivity index (χ0v) is 25.5. The predicted molar refractivity (Wildman–Crippen MR) is 169 cm³/mol. The average molecular weight is 569 g/mol. The van der Waals surface area contributed by atoms with Crippen LogP contribution in [-0.4, -0.2) is 78.7 Å². The largest absolute Gasteiger partial charge is 0.372 e. The molecule has 42 heavy (non-hydrogen) atoms. The average Bonchev–Trinajstić information content (AvgIpc) is 3.18. The van der Waals surface area contributed by atoms with Gasteiger partial charge in [-0.3, -0.25) is 9.59 Å². The molecule has 6 rings (SSSR count). The number of aromatic nitrogens is 1. The van der Waals surface area contributed by atoms with Crippen molar-refractivity contribution < 1.29 is 14.3 Å². The number of morpholine rings is 1. The van der Waals surface area contributed by atoms with Gasteiger partial charge < -0.3 is 24.4 Å². The molecule has 7 nitrogen and oxygen atoms in total. The van der Waals surface area contributed by atoms with Crippen molar-refractivity contribution in [2.45, 2.75) is 70.6 Å². The van der Waals surface area contributed by atoms with Crippen molar-refractivity contribution in [3.05, 3.63) is 64.7 Å². The van der Waals surface area contributed by atoms with Crippen molar-refractivity contribution in [2.75, 3.05) is 40.3 Å². The Morgan fingerprint density at radius 2 is 1.74 bits per heavy atom. The first-order valence-electron chi connectivity index (χ1n) is 15.6. The normalized spacial score (nSPS) is 21.1. The minimum Gasteiger partial charge on any atom is -0.372 e. The smallest absolute Gasteiger partial charge is 0.251 e. The van der Waals surface area contributed by atoms with E-state index in [0.29, 0.717) is 37.7 Å². The van der Waals surface area contributed by atoms with Crippen molar-refractivity contribution >= 4 is 28.8 Å². The van der Waals surface area contributed by atoms with E-state index in [9.17, 15) is 9.59 Å². The molecule has 2 aliphatic heterocycles. The van der Waals surface area contributed by atoms with E-state index < -0.39 is 0 Å². The van der Waals surface area contributed by atoms with Crippen molar-refractivity contribution in [1.29, 1.82) is 0 Å². The van der Waals surface area contributed by atoms with Crippen molar-refractivity contribution in [1.82, 2.24) is 19.7 Å². The standard InChI is InChI=1S/C35H44N4O3/c1-23-20-38(21-24(2)42-23)35(41)28-18-26-12-8-9-13-29(26)33-32(25-10-6-5-7-11-25)30-15-14-27(19-31(30)39(33)22-28)34(40)36-16-17-37(3)4/h8-9,12-15,18-19,23-25H,5-7,10-11,16-17,20-22H2,1-4H3,(H,36,40)/t23-,24+. The Kier molecular flexibility index (Phi) is 8.24. The number of nitrogens with one attached hydrogen (secondary N) is 1. The first-order chi connectivity index (χ1) is 20.3. The Labute approximate surface area is 249 Å². The van der Waals surface area contributed by atoms with E-state index in [1.165, 1.54) is 48.7 Å². The molecule has 3 aliphatic rings. The molecule has 0 spiro atoms. The Morgan fingerprint density at radius 1 is 1.00 bits per heavy atom. The van der Waals surface area contributed by atoms with Gasteiger partial charge in [-0.25, -0.2) is 0 Å². The summed E-state index contributed by atoms with van der Waals surface area (Å²) >= 11 is 0. The lowest BCUT2D eigenvalue weighted by Crippen LogP contribution is -2.48. The van der Waals surface area contributed by atoms with Gasteiger partial charge in [-0.15, -0.1) is 0 Å². The molecule has 2 amide bonds. The van der Waals surface area contributed by atoms with E-state index in [4.69, 9.17) is 4.74 Å². The summed E-state index contributed by atoms with van der Waals surface area (Å²) in [7, 11) is 4.01. The monoisotopic (exact) mass is 568 g/mol. The number of amides is 2. The maximum atomic E-state index is 14.1. The van der Waals surface area contributed by atoms with Crippen LogP contribution in [0.15, 0.2) is 48.0 Å². The van der Waals surface area contributed by atoms with Crippen LogP contribution in [-0.2, 0) is 16.1 Å². The van der Waals surface area contributed by atoms with Crippen LogP contribution in [0.3, 0.4) is 0 Å². The lowest BCUT2D eigenvalue weighted by atomic mass is 9.81. The van der Waals surface area contributed by atoms with E-state index in [1.807, 2.05) is 45.0 Å². The Morgan fingerprint density at radius 3 is 2.48 bits per heavy atom. The second kappa shape index (κ2) is 12.1. The Bertz CT molecular complexity index is 1500. The molecule has 1 N–H and O–H groups in total. The molecule has 0 unspecified atom stereocenters. The van der Waals surface area contributed by atoms with E-state index in [1.54, 1.807) is 0 Å². The van der Waals surface area contributed by atoms with Gasteiger partial charge in [0.2, 0.25) is 0 Å². The lowest BCUT2D eigenvalue weighted by Gasteiger charge is -2.35. The van der Waals surface area contributed by atoms with Gasteiger partial charge >= 0.3 is 0 Å². The summed E-state index contributed by atoms with van der Waals surface area (Å²) in [6, 6.07) is 14.7. The first kappa shape index (κ1) is 28.7. The van der Waals surface area contributed by atoms with Crippen LogP contribution >= 0.6 is 0 Å². The molecule has 7 heteroatoms. The molecule has 2 aromatic carbocycles. The molecule has 0 bridgehead atoms. The van der Waals surface area contributed by atoms with Crippen molar-refractivity contribution in [3.63, 3.8) is 0 Å². The van der Waals surface area contributed by atoms with Gasteiger partial charge in [-0.05, 0) is 76.0 Å². The maximum absolute atomic E-state index is 14.1. The highest BCUT2D eigenvalue weighted by molar-refractivity contribution is 6.04. The lowest BCUT2D eigenvalue weighted by molar-refractivity contribution is -0.139. The van der Waals surface area contributed by atoms with Crippen LogP contribution in [0.5, 0.6) is 0 Å². The summed E-state index contributed by atoms with van der Waals surface area (Å²) < 4.78 is 8.27. The van der Waals surface area contributed by atoms with Crippen LogP contribution in [0.1, 0.15) is 73.4 Å². The highest BCUT2D eigenvalue weighted by atomic mass is 16.5. The second-order valence-electron chi connectivity index (χ2n) is 12.7. The zero-order chi connectivity index (χ0) is 29.4. The Balaban J connectivity index is 1.48. The van der Waals surface area contributed by atoms with Crippen LogP contribution in [0.4, 0.5) is 0 Å². The molecule has 1 aromatic heterocycles. The number of nitrogens with zero attached hydrogens (tertiary/aromatic N) is 3. The van der Waals surface area contributed by atoms with Gasteiger partial charge in [0.15, 0.2) is 0 Å². The van der Waals surface area contributed by atoms with Crippen molar-refractivity contribution in [2.24, 2.45) is 0 Å². The highest BCUT2D eigenvalue weighted by Crippen LogP contribution is 2.46. The minimum absolute atomic E-state index is 0.00537. The Hall–Kier alpha value is -3.42. The van der Waals surface area contributed by atoms with Crippen LogP contribution in [0.2, 0.25) is 0 Å². The molecular formula is C35H44N4O3. The van der Waals surface area contributed by atoms with Gasteiger partial charge in [0, 0.05) is 53.8 Å². The van der Waals surface area contributed by atoms with E-state index in [2.05, 4.69) is 51.2 Å². The number of benzene rings is 2. The summed E-state index contributed by atoms with van der Waals surface area (Å²) in [4.78, 5) is 31.4. The molecule has 2 atom stereocenters. The third kappa shape index (κ3) is 5.64. The van der Waals surface area contributed by atoms with E-state index >= 15 is 0 Å². The number of fused-ring (bicyclic) bond motifs is 5. The number of likely N-dealkylation sites (N-methyl/N-ethyl adjacent to an activating group) is 1. The summed E-state index contributed by atoms with van der Waals surface area (Å²) in [6.07, 6.45) is 8.21. The number of hydrogen-bond acceptors (Lipinski definition) is 4. The molecule has 2 fully saturated rings. The first-order valence-corrected chi connectivity index (χ1v) is 15.6. The number of ether oxygens (including phenoxy) is 1. The summed E-state index contributed by atoms with van der Waals surface area (Å²) in [5.74, 6) is 0.465. The topological polar surface area (TPSA) is 66.8 Å². The highest BCUT2D eigenvalue weighted by Gasteiger charge is 2.33. The number of carbonyl (C=O) groups excluding carboxylic acids is 2. The van der Waals surface area contributed by atoms with Gasteiger partial charge in [0.25, 0.3) is 11.8 Å². The van der Waals surface area contributed by atoms with E-state index in [-0.39, 0.29) is 24.0 Å². The number of hydrogen-bond donors (Lipinski definition) is 1. The maximum Gasteiger partial charge on any atom is 0.251 e. The molecule has 222 valence electrons. The molecule has 1 saturated carbocycles. The number of carbonyl (C=O) groups is 2. The van der Waals surface area contributed by atoms with Gasteiger partial charge in [0.05, 0.1) is 24.4 Å². The van der Waals surface area contributed by atoms with Crippen LogP contribution in [0, 0.1) is 0 Å². The van der Waals surface area contributed by atoms with Crippen LogP contribution < -0.4 is 5.32 Å². The summed E-state index contributed by atoms with van der Waals surface area (Å²) in [6.45, 7) is 7.09. The zero-order valence-electron chi connectivity index (χ0n) is 25.5. The quantitative estimate of drug-likeness (QED) is 0.416.